The zero-order valence-electron chi connectivity index (χ0n) is 11.4. The summed E-state index contributed by atoms with van der Waals surface area (Å²) >= 11 is 0. The van der Waals surface area contributed by atoms with E-state index < -0.39 is 0 Å². The van der Waals surface area contributed by atoms with Crippen LogP contribution in [0.1, 0.15) is 63.0 Å². The highest BCUT2D eigenvalue weighted by Gasteiger charge is 1.95. The van der Waals surface area contributed by atoms with E-state index in [4.69, 9.17) is 0 Å². The first-order valence-electron chi connectivity index (χ1n) is 7.24. The molecule has 0 amide bonds. The van der Waals surface area contributed by atoms with Gasteiger partial charge in [0.15, 0.2) is 0 Å². The fraction of sp³-hybridized carbons (Fsp3) is 0.588. The van der Waals surface area contributed by atoms with Crippen molar-refractivity contribution in [3.8, 4) is 0 Å². The third-order valence-electron chi connectivity index (χ3n) is 3.38. The molecule has 0 heterocycles. The number of benzene rings is 1. The van der Waals surface area contributed by atoms with Crippen LogP contribution in [0.3, 0.4) is 0 Å². The van der Waals surface area contributed by atoms with Gasteiger partial charge >= 0.3 is 0 Å². The Kier molecular flexibility index (Phi) is 7.79. The van der Waals surface area contributed by atoms with Gasteiger partial charge in [-0.15, -0.1) is 0 Å². The van der Waals surface area contributed by atoms with Crippen LogP contribution in [0.2, 0.25) is 0 Å². The first-order chi connectivity index (χ1) is 8.36. The van der Waals surface area contributed by atoms with E-state index in [0.29, 0.717) is 0 Å². The van der Waals surface area contributed by atoms with Crippen LogP contribution in [-0.2, 0) is 12.8 Å². The summed E-state index contributed by atoms with van der Waals surface area (Å²) in [7, 11) is 0. The molecular weight excluding hydrogens is 204 g/mol. The number of aryl methyl sites for hydroxylation is 1. The summed E-state index contributed by atoms with van der Waals surface area (Å²) in [5.41, 5.74) is 2.82. The zero-order valence-corrected chi connectivity index (χ0v) is 11.4. The van der Waals surface area contributed by atoms with Gasteiger partial charge in [0.2, 0.25) is 0 Å². The second-order valence-electron chi connectivity index (χ2n) is 4.94. The third kappa shape index (κ3) is 6.51. The van der Waals surface area contributed by atoms with Crippen molar-refractivity contribution >= 4 is 0 Å². The quantitative estimate of drug-likeness (QED) is 0.502. The predicted molar refractivity (Wildman–Crippen MR) is 77.2 cm³/mol. The van der Waals surface area contributed by atoms with Crippen molar-refractivity contribution in [1.82, 2.24) is 0 Å². The average molecular weight is 231 g/mol. The standard InChI is InChI=1S/C17H27/c1-3-5-6-7-8-9-10-11-17-14-12-16(4-2)13-15-17/h12-15H,2-11H2,1H3. The van der Waals surface area contributed by atoms with E-state index in [0.717, 1.165) is 6.42 Å². The summed E-state index contributed by atoms with van der Waals surface area (Å²) < 4.78 is 0. The summed E-state index contributed by atoms with van der Waals surface area (Å²) in [6.45, 7) is 6.17. The van der Waals surface area contributed by atoms with Crippen molar-refractivity contribution in [3.05, 3.63) is 42.3 Å². The zero-order chi connectivity index (χ0) is 12.3. The van der Waals surface area contributed by atoms with E-state index in [1.54, 1.807) is 0 Å². The normalized spacial score (nSPS) is 10.7. The molecule has 0 spiro atoms. The van der Waals surface area contributed by atoms with Gasteiger partial charge in [-0.1, -0.05) is 69.7 Å². The molecule has 0 atom stereocenters. The van der Waals surface area contributed by atoms with Crippen molar-refractivity contribution < 1.29 is 0 Å². The van der Waals surface area contributed by atoms with Crippen LogP contribution in [0, 0.1) is 6.92 Å². The van der Waals surface area contributed by atoms with Crippen molar-refractivity contribution in [3.63, 3.8) is 0 Å². The van der Waals surface area contributed by atoms with Crippen molar-refractivity contribution in [1.29, 1.82) is 0 Å². The topological polar surface area (TPSA) is 0 Å². The number of rotatable bonds is 9. The van der Waals surface area contributed by atoms with Crippen LogP contribution in [0.25, 0.3) is 0 Å². The minimum Gasteiger partial charge on any atom is -0.0654 e. The van der Waals surface area contributed by atoms with E-state index in [2.05, 4.69) is 38.1 Å². The Morgan fingerprint density at radius 3 is 1.88 bits per heavy atom. The van der Waals surface area contributed by atoms with Gasteiger partial charge in [-0.05, 0) is 37.3 Å². The Bertz CT molecular complexity index is 271. The van der Waals surface area contributed by atoms with Gasteiger partial charge in [0.1, 0.15) is 0 Å². The van der Waals surface area contributed by atoms with Crippen LogP contribution in [0.4, 0.5) is 0 Å². The molecule has 0 aromatic heterocycles. The maximum atomic E-state index is 3.90. The highest BCUT2D eigenvalue weighted by molar-refractivity contribution is 5.22. The van der Waals surface area contributed by atoms with Crippen molar-refractivity contribution in [2.24, 2.45) is 0 Å². The molecular formula is C17H27. The maximum absolute atomic E-state index is 3.90. The highest BCUT2D eigenvalue weighted by atomic mass is 14.0. The third-order valence-corrected chi connectivity index (χ3v) is 3.38. The Morgan fingerprint density at radius 1 is 0.765 bits per heavy atom. The largest absolute Gasteiger partial charge is 0.0654 e. The fourth-order valence-corrected chi connectivity index (χ4v) is 2.16. The first kappa shape index (κ1) is 14.3. The Labute approximate surface area is 107 Å². The molecule has 0 heteroatoms. The molecule has 17 heavy (non-hydrogen) atoms. The second-order valence-corrected chi connectivity index (χ2v) is 4.94. The minimum atomic E-state index is 0.901. The molecule has 0 aliphatic carbocycles. The van der Waals surface area contributed by atoms with Crippen LogP contribution >= 0.6 is 0 Å². The van der Waals surface area contributed by atoms with E-state index in [9.17, 15) is 0 Å². The average Bonchev–Trinajstić information content (AvgIpc) is 2.38. The first-order valence-corrected chi connectivity index (χ1v) is 7.24. The molecule has 1 rings (SSSR count). The summed E-state index contributed by atoms with van der Waals surface area (Å²) in [6.07, 6.45) is 11.9. The van der Waals surface area contributed by atoms with Gasteiger partial charge < -0.3 is 0 Å². The summed E-state index contributed by atoms with van der Waals surface area (Å²) in [6, 6.07) is 8.95. The van der Waals surface area contributed by atoms with Crippen LogP contribution in [0.15, 0.2) is 24.3 Å². The molecule has 0 N–H and O–H groups in total. The number of hydrogen-bond donors (Lipinski definition) is 0. The van der Waals surface area contributed by atoms with Gasteiger partial charge in [0.05, 0.1) is 0 Å². The lowest BCUT2D eigenvalue weighted by molar-refractivity contribution is 0.589. The fourth-order valence-electron chi connectivity index (χ4n) is 2.16. The number of unbranched alkanes of at least 4 members (excludes halogenated alkanes) is 6. The van der Waals surface area contributed by atoms with Gasteiger partial charge in [-0.25, -0.2) is 0 Å². The Hall–Kier alpha value is -0.780. The lowest BCUT2D eigenvalue weighted by atomic mass is 10.0. The lowest BCUT2D eigenvalue weighted by Crippen LogP contribution is -1.87. The van der Waals surface area contributed by atoms with E-state index >= 15 is 0 Å². The van der Waals surface area contributed by atoms with Crippen molar-refractivity contribution in [2.45, 2.75) is 64.7 Å². The SMILES string of the molecule is [CH2]Cc1ccc(CCCCCCCCC)cc1. The van der Waals surface area contributed by atoms with E-state index in [1.807, 2.05) is 0 Å². The molecule has 0 bridgehead atoms. The van der Waals surface area contributed by atoms with E-state index in [1.165, 1.54) is 62.5 Å². The summed E-state index contributed by atoms with van der Waals surface area (Å²) in [4.78, 5) is 0. The molecule has 95 valence electrons. The molecule has 0 aliphatic heterocycles. The maximum Gasteiger partial charge on any atom is -0.0279 e. The molecule has 0 aliphatic rings. The molecule has 0 nitrogen and oxygen atoms in total. The molecule has 0 saturated heterocycles. The molecule has 0 fully saturated rings. The Balaban J connectivity index is 2.05. The highest BCUT2D eigenvalue weighted by Crippen LogP contribution is 2.11. The second kappa shape index (κ2) is 9.27. The van der Waals surface area contributed by atoms with E-state index in [-0.39, 0.29) is 0 Å². The Morgan fingerprint density at radius 2 is 1.29 bits per heavy atom. The number of hydrogen-bond acceptors (Lipinski definition) is 0. The van der Waals surface area contributed by atoms with Gasteiger partial charge in [0.25, 0.3) is 0 Å². The predicted octanol–water partition coefficient (Wildman–Crippen LogP) is 5.36. The monoisotopic (exact) mass is 231 g/mol. The molecule has 1 aromatic rings. The van der Waals surface area contributed by atoms with Crippen molar-refractivity contribution in [2.75, 3.05) is 0 Å². The molecule has 0 unspecified atom stereocenters. The molecule has 1 aromatic carbocycles. The summed E-state index contributed by atoms with van der Waals surface area (Å²) in [5, 5.41) is 0. The van der Waals surface area contributed by atoms with Crippen LogP contribution in [0.5, 0.6) is 0 Å². The van der Waals surface area contributed by atoms with Crippen LogP contribution in [-0.4, -0.2) is 0 Å². The van der Waals surface area contributed by atoms with Gasteiger partial charge in [-0.2, -0.15) is 0 Å². The van der Waals surface area contributed by atoms with Gasteiger partial charge in [-0.3, -0.25) is 0 Å². The molecule has 1 radical (unpaired) electrons. The lowest BCUT2D eigenvalue weighted by Gasteiger charge is -2.03. The van der Waals surface area contributed by atoms with Gasteiger partial charge in [0, 0.05) is 0 Å². The molecule has 0 saturated carbocycles. The smallest absolute Gasteiger partial charge is 0.0279 e. The summed E-state index contributed by atoms with van der Waals surface area (Å²) in [5.74, 6) is 0. The van der Waals surface area contributed by atoms with Crippen LogP contribution < -0.4 is 0 Å². The minimum absolute atomic E-state index is 0.901.